The van der Waals surface area contributed by atoms with Crippen LogP contribution in [0.15, 0.2) is 65.0 Å². The van der Waals surface area contributed by atoms with E-state index in [-0.39, 0.29) is 11.6 Å². The van der Waals surface area contributed by atoms with Crippen LogP contribution >= 0.6 is 0 Å². The number of benzene rings is 1. The van der Waals surface area contributed by atoms with Crippen LogP contribution in [0.1, 0.15) is 64.9 Å². The molecule has 1 aromatic carbocycles. The Hall–Kier alpha value is -3.86. The molecular weight excluding hydrogens is 498 g/mol. The molecule has 0 radical (unpaired) electrons. The number of rotatable bonds is 7. The normalized spacial score (nSPS) is 18.7. The van der Waals surface area contributed by atoms with Gasteiger partial charge >= 0.3 is 0 Å². The van der Waals surface area contributed by atoms with Crippen LogP contribution in [-0.4, -0.2) is 38.1 Å². The summed E-state index contributed by atoms with van der Waals surface area (Å²) in [6.07, 6.45) is 15.1. The highest BCUT2D eigenvalue weighted by molar-refractivity contribution is 5.86. The average molecular weight is 539 g/mol. The van der Waals surface area contributed by atoms with Crippen molar-refractivity contribution in [1.29, 1.82) is 0 Å². The molecule has 1 amide bonds. The average Bonchev–Trinajstić information content (AvgIpc) is 2.88. The Kier molecular flexibility index (Phi) is 12.5. The lowest BCUT2D eigenvalue weighted by molar-refractivity contribution is -0.123. The van der Waals surface area contributed by atoms with Gasteiger partial charge < -0.3 is 20.3 Å². The first-order chi connectivity index (χ1) is 18.7. The van der Waals surface area contributed by atoms with Gasteiger partial charge in [-0.3, -0.25) is 4.79 Å². The van der Waals surface area contributed by atoms with Crippen molar-refractivity contribution in [3.05, 3.63) is 77.2 Å². The molecule has 0 bridgehead atoms. The molecule has 2 N–H and O–H groups in total. The Balaban J connectivity index is 0.00000124. The largest absolute Gasteiger partial charge is 0.426 e. The monoisotopic (exact) mass is 538 g/mol. The van der Waals surface area contributed by atoms with Crippen molar-refractivity contribution in [2.24, 2.45) is 4.99 Å². The van der Waals surface area contributed by atoms with Crippen LogP contribution in [0.3, 0.4) is 0 Å². The molecule has 0 aromatic heterocycles. The number of allylic oxidation sites excluding steroid dienone is 6. The second-order valence-electron chi connectivity index (χ2n) is 9.29. The standard InChI is InChI=1S/C27H34F2N4O2.C4H6/c1-6-8-10-17(3)24(9-7-2)35-27(30-5)32-19-15-33(16-19)20-13-22(28)25(23(29)14-20)21-12-11-18(4)31-26(21)34;1-3-4-2/h6,8-10,13-14,19,21H,4,7,11-12,15-16H2,1-3,5H3,(H,30,32)(H,31,34);1H,4H2,2H3/b8-6-,17-10+,24-9+;. The van der Waals surface area contributed by atoms with E-state index in [4.69, 9.17) is 11.2 Å². The number of ether oxygens (including phenoxy) is 1. The summed E-state index contributed by atoms with van der Waals surface area (Å²) in [6, 6.07) is 3.00. The summed E-state index contributed by atoms with van der Waals surface area (Å²) >= 11 is 0. The molecule has 1 atom stereocenters. The van der Waals surface area contributed by atoms with Crippen LogP contribution < -0.4 is 15.5 Å². The van der Waals surface area contributed by atoms with Gasteiger partial charge in [0, 0.05) is 43.5 Å². The number of amides is 1. The fraction of sp³-hybridized carbons (Fsp3) is 0.419. The molecule has 1 aromatic rings. The Bertz CT molecular complexity index is 1160. The summed E-state index contributed by atoms with van der Waals surface area (Å²) in [6.45, 7) is 12.7. The first-order valence-corrected chi connectivity index (χ1v) is 13.3. The fourth-order valence-corrected chi connectivity index (χ4v) is 4.13. The third-order valence-corrected chi connectivity index (χ3v) is 6.27. The molecule has 2 saturated heterocycles. The lowest BCUT2D eigenvalue weighted by atomic mass is 9.88. The zero-order valence-electron chi connectivity index (χ0n) is 23.6. The smallest absolute Gasteiger partial charge is 0.290 e. The van der Waals surface area contributed by atoms with Gasteiger partial charge in [0.2, 0.25) is 5.91 Å². The van der Waals surface area contributed by atoms with Crippen molar-refractivity contribution < 1.29 is 18.3 Å². The minimum absolute atomic E-state index is 0.0114. The van der Waals surface area contributed by atoms with Crippen molar-refractivity contribution in [2.45, 2.75) is 65.3 Å². The summed E-state index contributed by atoms with van der Waals surface area (Å²) in [5, 5.41) is 5.85. The van der Waals surface area contributed by atoms with Gasteiger partial charge in [-0.05, 0) is 56.9 Å². The zero-order chi connectivity index (χ0) is 28.9. The molecule has 0 aliphatic carbocycles. The van der Waals surface area contributed by atoms with E-state index < -0.39 is 23.5 Å². The van der Waals surface area contributed by atoms with Gasteiger partial charge in [0.25, 0.3) is 6.02 Å². The lowest BCUT2D eigenvalue weighted by Gasteiger charge is -2.41. The van der Waals surface area contributed by atoms with Crippen molar-refractivity contribution in [2.75, 3.05) is 25.0 Å². The molecule has 2 heterocycles. The van der Waals surface area contributed by atoms with Gasteiger partial charge in [0.15, 0.2) is 0 Å². The van der Waals surface area contributed by atoms with Crippen LogP contribution in [0.5, 0.6) is 0 Å². The van der Waals surface area contributed by atoms with Crippen LogP contribution in [-0.2, 0) is 9.53 Å². The minimum Gasteiger partial charge on any atom is -0.426 e. The summed E-state index contributed by atoms with van der Waals surface area (Å²) in [5.74, 6) is 0.474. The number of amidine groups is 1. The van der Waals surface area contributed by atoms with Crippen molar-refractivity contribution in [3.8, 4) is 12.3 Å². The van der Waals surface area contributed by atoms with Gasteiger partial charge in [-0.1, -0.05) is 38.7 Å². The SMILES string of the molecule is C#CCC.C=C1CCC(c2c(F)cc(N3CC(NC(=NC)OC(=C/CC)/C(C)=C/C=C\C)C3)cc2F)C(=O)N1. The molecule has 6 nitrogen and oxygen atoms in total. The van der Waals surface area contributed by atoms with Crippen LogP contribution in [0.2, 0.25) is 0 Å². The number of carbonyl (C=O) groups is 1. The highest BCUT2D eigenvalue weighted by Crippen LogP contribution is 2.34. The Morgan fingerprint density at radius 2 is 1.97 bits per heavy atom. The number of piperidine rings is 1. The molecule has 3 rings (SSSR count). The minimum atomic E-state index is -0.850. The maximum atomic E-state index is 14.9. The van der Waals surface area contributed by atoms with E-state index in [1.54, 1.807) is 7.05 Å². The molecule has 0 spiro atoms. The lowest BCUT2D eigenvalue weighted by Crippen LogP contribution is -2.59. The molecule has 2 fully saturated rings. The van der Waals surface area contributed by atoms with E-state index in [9.17, 15) is 13.6 Å². The highest BCUT2D eigenvalue weighted by Gasteiger charge is 2.33. The molecular formula is C31H40F2N4O2. The van der Waals surface area contributed by atoms with Crippen molar-refractivity contribution in [3.63, 3.8) is 0 Å². The third kappa shape index (κ3) is 8.85. The number of halogens is 2. The maximum Gasteiger partial charge on any atom is 0.290 e. The second-order valence-corrected chi connectivity index (χ2v) is 9.29. The van der Waals surface area contributed by atoms with Gasteiger partial charge in [0.1, 0.15) is 17.4 Å². The molecule has 210 valence electrons. The van der Waals surface area contributed by atoms with Crippen molar-refractivity contribution >= 4 is 17.6 Å². The number of nitrogens with one attached hydrogen (secondary N) is 2. The third-order valence-electron chi connectivity index (χ3n) is 6.27. The van der Waals surface area contributed by atoms with E-state index in [0.29, 0.717) is 43.3 Å². The predicted octanol–water partition coefficient (Wildman–Crippen LogP) is 6.10. The van der Waals surface area contributed by atoms with Crippen LogP contribution in [0, 0.1) is 24.0 Å². The number of aliphatic imine (C=N–C) groups is 1. The predicted molar refractivity (Wildman–Crippen MR) is 155 cm³/mol. The van der Waals surface area contributed by atoms with Crippen LogP contribution in [0.4, 0.5) is 14.5 Å². The van der Waals surface area contributed by atoms with E-state index in [1.165, 1.54) is 12.1 Å². The molecule has 1 unspecified atom stereocenters. The highest BCUT2D eigenvalue weighted by atomic mass is 19.1. The summed E-state index contributed by atoms with van der Waals surface area (Å²) in [4.78, 5) is 18.3. The van der Waals surface area contributed by atoms with Gasteiger partial charge in [-0.15, -0.1) is 12.3 Å². The van der Waals surface area contributed by atoms with E-state index >= 15 is 0 Å². The topological polar surface area (TPSA) is 66.0 Å². The zero-order valence-corrected chi connectivity index (χ0v) is 23.6. The van der Waals surface area contributed by atoms with Crippen LogP contribution in [0.25, 0.3) is 0 Å². The summed E-state index contributed by atoms with van der Waals surface area (Å²) in [5.41, 5.74) is 1.81. The summed E-state index contributed by atoms with van der Waals surface area (Å²) in [7, 11) is 1.65. The van der Waals surface area contributed by atoms with Gasteiger partial charge in [0.05, 0.1) is 12.0 Å². The van der Waals surface area contributed by atoms with Gasteiger partial charge in [-0.2, -0.15) is 0 Å². The molecule has 8 heteroatoms. The number of nitrogens with zero attached hydrogens (tertiary/aromatic N) is 2. The molecule has 0 saturated carbocycles. The summed E-state index contributed by atoms with van der Waals surface area (Å²) < 4.78 is 35.8. The number of terminal acetylenes is 1. The van der Waals surface area contributed by atoms with Gasteiger partial charge in [-0.25, -0.2) is 13.8 Å². The number of hydrogen-bond acceptors (Lipinski definition) is 4. The van der Waals surface area contributed by atoms with E-state index in [2.05, 4.69) is 28.1 Å². The molecule has 2 aliphatic rings. The molecule has 2 aliphatic heterocycles. The maximum absolute atomic E-state index is 14.9. The number of hydrogen-bond donors (Lipinski definition) is 2. The quantitative estimate of drug-likeness (QED) is 0.145. The first kappa shape index (κ1) is 31.4. The Morgan fingerprint density at radius 1 is 1.33 bits per heavy atom. The van der Waals surface area contributed by atoms with E-state index in [0.717, 1.165) is 24.2 Å². The Morgan fingerprint density at radius 3 is 2.49 bits per heavy atom. The number of anilines is 1. The van der Waals surface area contributed by atoms with Crippen molar-refractivity contribution in [1.82, 2.24) is 10.6 Å². The first-order valence-electron chi connectivity index (χ1n) is 13.3. The van der Waals surface area contributed by atoms with E-state index in [1.807, 2.05) is 56.9 Å². The Labute approximate surface area is 231 Å². The second kappa shape index (κ2) is 15.5. The number of carbonyl (C=O) groups excluding carboxylic acids is 1. The molecule has 39 heavy (non-hydrogen) atoms. The fourth-order valence-electron chi connectivity index (χ4n) is 4.13.